The fourth-order valence-corrected chi connectivity index (χ4v) is 1.06. The van der Waals surface area contributed by atoms with Crippen LogP contribution in [0.4, 0.5) is 0 Å². The molecule has 0 saturated heterocycles. The Morgan fingerprint density at radius 2 is 2.31 bits per heavy atom. The molecule has 0 aliphatic rings. The van der Waals surface area contributed by atoms with Gasteiger partial charge in [0.15, 0.2) is 0 Å². The molecule has 0 aromatic rings. The first-order valence-corrected chi connectivity index (χ1v) is 4.25. The molecule has 13 heavy (non-hydrogen) atoms. The summed E-state index contributed by atoms with van der Waals surface area (Å²) in [5.74, 6) is 7.46. The number of carboxylic acid groups (broad SMARTS) is 1. The van der Waals surface area contributed by atoms with E-state index >= 15 is 0 Å². The summed E-state index contributed by atoms with van der Waals surface area (Å²) in [5.41, 5.74) is 0. The van der Waals surface area contributed by atoms with Gasteiger partial charge in [0.05, 0.1) is 0 Å². The molecule has 0 heterocycles. The second-order valence-corrected chi connectivity index (χ2v) is 2.84. The van der Waals surface area contributed by atoms with Gasteiger partial charge in [-0.25, -0.2) is 0 Å². The highest BCUT2D eigenvalue weighted by molar-refractivity contribution is 5.67. The Morgan fingerprint density at radius 3 is 2.77 bits per heavy atom. The second kappa shape index (κ2) is 7.25. The normalized spacial score (nSPS) is 10.8. The van der Waals surface area contributed by atoms with E-state index in [9.17, 15) is 4.79 Å². The number of terminal acetylenes is 1. The average Bonchev–Trinajstić information content (AvgIpc) is 2.09. The summed E-state index contributed by atoms with van der Waals surface area (Å²) < 4.78 is 0. The van der Waals surface area contributed by atoms with E-state index in [1.807, 2.05) is 0 Å². The minimum absolute atomic E-state index is 0.0981. The SMILES string of the molecule is C#CCCC(CC#CC)CC(=O)O. The smallest absolute Gasteiger partial charge is 0.303 e. The van der Waals surface area contributed by atoms with E-state index in [1.165, 1.54) is 0 Å². The van der Waals surface area contributed by atoms with Gasteiger partial charge in [-0.05, 0) is 19.3 Å². The minimum Gasteiger partial charge on any atom is -0.481 e. The maximum absolute atomic E-state index is 10.4. The first-order chi connectivity index (χ1) is 6.20. The van der Waals surface area contributed by atoms with E-state index in [0.29, 0.717) is 12.8 Å². The molecule has 2 nitrogen and oxygen atoms in total. The lowest BCUT2D eigenvalue weighted by molar-refractivity contribution is -0.138. The number of carbonyl (C=O) groups is 1. The van der Waals surface area contributed by atoms with Crippen LogP contribution in [0, 0.1) is 30.1 Å². The zero-order chi connectivity index (χ0) is 10.1. The van der Waals surface area contributed by atoms with Crippen molar-refractivity contribution in [3.8, 4) is 24.2 Å². The fourth-order valence-electron chi connectivity index (χ4n) is 1.06. The van der Waals surface area contributed by atoms with E-state index in [2.05, 4.69) is 17.8 Å². The maximum atomic E-state index is 10.4. The predicted molar refractivity (Wildman–Crippen MR) is 51.9 cm³/mol. The molecule has 0 radical (unpaired) electrons. The topological polar surface area (TPSA) is 37.3 Å². The molecule has 0 amide bonds. The molecule has 0 aliphatic heterocycles. The van der Waals surface area contributed by atoms with E-state index in [0.717, 1.165) is 6.42 Å². The molecule has 0 aromatic heterocycles. The highest BCUT2D eigenvalue weighted by Gasteiger charge is 2.10. The van der Waals surface area contributed by atoms with Crippen LogP contribution >= 0.6 is 0 Å². The number of hydrogen-bond donors (Lipinski definition) is 1. The molecule has 0 fully saturated rings. The lowest BCUT2D eigenvalue weighted by Crippen LogP contribution is -2.07. The Hall–Kier alpha value is -1.41. The molecule has 70 valence electrons. The third-order valence-electron chi connectivity index (χ3n) is 1.73. The number of hydrogen-bond acceptors (Lipinski definition) is 1. The van der Waals surface area contributed by atoms with Crippen LogP contribution in [0.5, 0.6) is 0 Å². The van der Waals surface area contributed by atoms with Crippen LogP contribution < -0.4 is 0 Å². The van der Waals surface area contributed by atoms with Gasteiger partial charge in [0.2, 0.25) is 0 Å². The molecule has 0 spiro atoms. The van der Waals surface area contributed by atoms with Crippen molar-refractivity contribution in [2.75, 3.05) is 0 Å². The van der Waals surface area contributed by atoms with Gasteiger partial charge in [0.25, 0.3) is 0 Å². The van der Waals surface area contributed by atoms with Crippen LogP contribution in [0.3, 0.4) is 0 Å². The van der Waals surface area contributed by atoms with Gasteiger partial charge in [0, 0.05) is 19.3 Å². The van der Waals surface area contributed by atoms with Gasteiger partial charge in [0.1, 0.15) is 0 Å². The average molecular weight is 178 g/mol. The molecule has 1 N–H and O–H groups in total. The predicted octanol–water partition coefficient (Wildman–Crippen LogP) is 1.90. The van der Waals surface area contributed by atoms with Crippen molar-refractivity contribution < 1.29 is 9.90 Å². The van der Waals surface area contributed by atoms with E-state index in [4.69, 9.17) is 11.5 Å². The summed E-state index contributed by atoms with van der Waals surface area (Å²) in [6, 6.07) is 0. The van der Waals surface area contributed by atoms with Crippen molar-refractivity contribution in [1.82, 2.24) is 0 Å². The van der Waals surface area contributed by atoms with E-state index in [-0.39, 0.29) is 12.3 Å². The zero-order valence-corrected chi connectivity index (χ0v) is 7.84. The highest BCUT2D eigenvalue weighted by atomic mass is 16.4. The Kier molecular flexibility index (Phi) is 6.46. The van der Waals surface area contributed by atoms with Crippen molar-refractivity contribution in [2.45, 2.75) is 32.6 Å². The van der Waals surface area contributed by atoms with Crippen LogP contribution in [0.25, 0.3) is 0 Å². The fraction of sp³-hybridized carbons (Fsp3) is 0.545. The van der Waals surface area contributed by atoms with Gasteiger partial charge in [-0.1, -0.05) is 0 Å². The molecule has 0 aromatic carbocycles. The first kappa shape index (κ1) is 11.6. The molecule has 0 bridgehead atoms. The van der Waals surface area contributed by atoms with Crippen LogP contribution in [0.2, 0.25) is 0 Å². The van der Waals surface area contributed by atoms with Crippen LogP contribution in [-0.4, -0.2) is 11.1 Å². The maximum Gasteiger partial charge on any atom is 0.303 e. The Morgan fingerprint density at radius 1 is 1.62 bits per heavy atom. The number of carboxylic acids is 1. The number of rotatable bonds is 5. The van der Waals surface area contributed by atoms with Gasteiger partial charge >= 0.3 is 5.97 Å². The molecule has 0 aliphatic carbocycles. The van der Waals surface area contributed by atoms with Gasteiger partial charge < -0.3 is 5.11 Å². The first-order valence-electron chi connectivity index (χ1n) is 4.25. The molecule has 2 heteroatoms. The lowest BCUT2D eigenvalue weighted by Gasteiger charge is -2.08. The number of aliphatic carboxylic acids is 1. The van der Waals surface area contributed by atoms with Crippen molar-refractivity contribution in [2.24, 2.45) is 5.92 Å². The molecular formula is C11H14O2. The summed E-state index contributed by atoms with van der Waals surface area (Å²) in [5, 5.41) is 8.58. The highest BCUT2D eigenvalue weighted by Crippen LogP contribution is 2.14. The quantitative estimate of drug-likeness (QED) is 0.653. The molecular weight excluding hydrogens is 164 g/mol. The summed E-state index contributed by atoms with van der Waals surface area (Å²) >= 11 is 0. The van der Waals surface area contributed by atoms with Crippen LogP contribution in [0.15, 0.2) is 0 Å². The molecule has 1 unspecified atom stereocenters. The second-order valence-electron chi connectivity index (χ2n) is 2.84. The standard InChI is InChI=1S/C11H14O2/c1-3-5-7-10(8-6-4-2)9-11(12)13/h1,10H,5,7-9H2,2H3,(H,12,13). The summed E-state index contributed by atoms with van der Waals surface area (Å²) in [4.78, 5) is 10.4. The van der Waals surface area contributed by atoms with Gasteiger partial charge in [-0.15, -0.1) is 24.2 Å². The van der Waals surface area contributed by atoms with Crippen LogP contribution in [-0.2, 0) is 4.79 Å². The van der Waals surface area contributed by atoms with Gasteiger partial charge in [-0.2, -0.15) is 0 Å². The van der Waals surface area contributed by atoms with Crippen molar-refractivity contribution in [3.63, 3.8) is 0 Å². The Balaban J connectivity index is 3.93. The molecule has 0 rings (SSSR count). The third-order valence-corrected chi connectivity index (χ3v) is 1.73. The van der Waals surface area contributed by atoms with Crippen molar-refractivity contribution >= 4 is 5.97 Å². The monoisotopic (exact) mass is 178 g/mol. The summed E-state index contributed by atoms with van der Waals surface area (Å²) in [6.07, 6.45) is 7.27. The van der Waals surface area contributed by atoms with Crippen molar-refractivity contribution in [1.29, 1.82) is 0 Å². The van der Waals surface area contributed by atoms with Crippen LogP contribution in [0.1, 0.15) is 32.6 Å². The van der Waals surface area contributed by atoms with E-state index in [1.54, 1.807) is 6.92 Å². The Labute approximate surface area is 79.3 Å². The largest absolute Gasteiger partial charge is 0.481 e. The summed E-state index contributed by atoms with van der Waals surface area (Å²) in [7, 11) is 0. The minimum atomic E-state index is -0.778. The van der Waals surface area contributed by atoms with Crippen molar-refractivity contribution in [3.05, 3.63) is 0 Å². The molecule has 1 atom stereocenters. The third kappa shape index (κ3) is 6.97. The zero-order valence-electron chi connectivity index (χ0n) is 7.84. The lowest BCUT2D eigenvalue weighted by atomic mass is 9.96. The van der Waals surface area contributed by atoms with E-state index < -0.39 is 5.97 Å². The van der Waals surface area contributed by atoms with Gasteiger partial charge in [-0.3, -0.25) is 4.79 Å². The molecule has 0 saturated carbocycles. The Bertz CT molecular complexity index is 249. The summed E-state index contributed by atoms with van der Waals surface area (Å²) in [6.45, 7) is 1.75.